The number of rotatable bonds is 6. The number of hydrogen-bond donors (Lipinski definition) is 2. The van der Waals surface area contributed by atoms with E-state index in [1.165, 1.54) is 0 Å². The lowest BCUT2D eigenvalue weighted by atomic mass is 10.2. The topological polar surface area (TPSA) is 32.3 Å². The molecule has 16 heavy (non-hydrogen) atoms. The predicted octanol–water partition coefficient (Wildman–Crippen LogP) is 3.35. The van der Waals surface area contributed by atoms with Gasteiger partial charge in [-0.25, -0.2) is 0 Å². The molecule has 0 aromatic heterocycles. The van der Waals surface area contributed by atoms with Crippen LogP contribution < -0.4 is 5.32 Å². The van der Waals surface area contributed by atoms with Crippen molar-refractivity contribution >= 4 is 27.5 Å². The lowest BCUT2D eigenvalue weighted by Crippen LogP contribution is -2.19. The minimum Gasteiger partial charge on any atom is -0.393 e. The maximum absolute atomic E-state index is 9.38. The van der Waals surface area contributed by atoms with Gasteiger partial charge in [-0.3, -0.25) is 0 Å². The highest BCUT2D eigenvalue weighted by atomic mass is 79.9. The molecule has 4 heteroatoms. The normalized spacial score (nSPS) is 12.8. The Morgan fingerprint density at radius 2 is 2.25 bits per heavy atom. The van der Waals surface area contributed by atoms with Crippen LogP contribution in [0.1, 0.15) is 25.3 Å². The van der Waals surface area contributed by atoms with Crippen molar-refractivity contribution in [3.63, 3.8) is 0 Å². The molecular weight excluding hydrogens is 289 g/mol. The van der Waals surface area contributed by atoms with Crippen molar-refractivity contribution in [3.05, 3.63) is 33.3 Å². The second kappa shape index (κ2) is 7.28. The Kier molecular flexibility index (Phi) is 6.36. The molecule has 0 spiro atoms. The highest BCUT2D eigenvalue weighted by Crippen LogP contribution is 2.20. The predicted molar refractivity (Wildman–Crippen MR) is 71.8 cm³/mol. The van der Waals surface area contributed by atoms with E-state index < -0.39 is 0 Å². The van der Waals surface area contributed by atoms with Crippen molar-refractivity contribution in [3.8, 4) is 0 Å². The van der Waals surface area contributed by atoms with E-state index in [0.29, 0.717) is 0 Å². The Balaban J connectivity index is 2.34. The summed E-state index contributed by atoms with van der Waals surface area (Å²) < 4.78 is 1.06. The maximum Gasteiger partial charge on any atom is 0.0549 e. The third-order valence-electron chi connectivity index (χ3n) is 2.45. The van der Waals surface area contributed by atoms with Crippen LogP contribution in [0, 0.1) is 0 Å². The van der Waals surface area contributed by atoms with E-state index >= 15 is 0 Å². The number of benzene rings is 1. The molecule has 1 unspecified atom stereocenters. The van der Waals surface area contributed by atoms with Crippen LogP contribution in [-0.2, 0) is 6.54 Å². The van der Waals surface area contributed by atoms with Crippen LogP contribution in [0.3, 0.4) is 0 Å². The van der Waals surface area contributed by atoms with Crippen molar-refractivity contribution in [1.82, 2.24) is 5.32 Å². The standard InChI is InChI=1S/C12H17BrClNO/c1-2-11(16)5-6-15-8-9-7-10(14)3-4-12(9)13/h3-4,7,11,15-16H,2,5-6,8H2,1H3. The zero-order valence-corrected chi connectivity index (χ0v) is 11.7. The van der Waals surface area contributed by atoms with Crippen LogP contribution in [0.2, 0.25) is 5.02 Å². The van der Waals surface area contributed by atoms with Gasteiger partial charge in [-0.05, 0) is 43.1 Å². The van der Waals surface area contributed by atoms with E-state index in [0.717, 1.165) is 41.0 Å². The van der Waals surface area contributed by atoms with E-state index in [9.17, 15) is 5.11 Å². The molecule has 0 radical (unpaired) electrons. The van der Waals surface area contributed by atoms with Crippen LogP contribution in [0.25, 0.3) is 0 Å². The molecule has 0 fully saturated rings. The van der Waals surface area contributed by atoms with Crippen LogP contribution in [0.4, 0.5) is 0 Å². The number of aliphatic hydroxyl groups is 1. The van der Waals surface area contributed by atoms with Gasteiger partial charge >= 0.3 is 0 Å². The molecule has 2 N–H and O–H groups in total. The molecule has 0 aliphatic carbocycles. The number of halogens is 2. The summed E-state index contributed by atoms with van der Waals surface area (Å²) in [4.78, 5) is 0. The van der Waals surface area contributed by atoms with Gasteiger partial charge in [0.05, 0.1) is 6.10 Å². The number of nitrogens with one attached hydrogen (secondary N) is 1. The van der Waals surface area contributed by atoms with Crippen LogP contribution >= 0.6 is 27.5 Å². The Morgan fingerprint density at radius 1 is 1.50 bits per heavy atom. The first kappa shape index (κ1) is 14.0. The Hall–Kier alpha value is -0.0900. The Bertz CT molecular complexity index is 333. The minimum atomic E-state index is -0.199. The number of aliphatic hydroxyl groups excluding tert-OH is 1. The van der Waals surface area contributed by atoms with Gasteiger partial charge in [0.15, 0.2) is 0 Å². The Morgan fingerprint density at radius 3 is 2.94 bits per heavy atom. The van der Waals surface area contributed by atoms with E-state index in [4.69, 9.17) is 11.6 Å². The van der Waals surface area contributed by atoms with Gasteiger partial charge in [-0.2, -0.15) is 0 Å². The second-order valence-corrected chi connectivity index (χ2v) is 5.05. The SMILES string of the molecule is CCC(O)CCNCc1cc(Cl)ccc1Br. The molecule has 1 aromatic rings. The quantitative estimate of drug-likeness (QED) is 0.790. The van der Waals surface area contributed by atoms with Gasteiger partial charge in [-0.15, -0.1) is 0 Å². The zero-order valence-electron chi connectivity index (χ0n) is 9.34. The summed E-state index contributed by atoms with van der Waals surface area (Å²) in [5, 5.41) is 13.4. The first-order valence-electron chi connectivity index (χ1n) is 5.46. The second-order valence-electron chi connectivity index (χ2n) is 3.76. The third-order valence-corrected chi connectivity index (χ3v) is 3.46. The van der Waals surface area contributed by atoms with E-state index in [2.05, 4.69) is 21.2 Å². The van der Waals surface area contributed by atoms with Gasteiger partial charge in [0.1, 0.15) is 0 Å². The molecule has 90 valence electrons. The van der Waals surface area contributed by atoms with Gasteiger partial charge in [0, 0.05) is 16.0 Å². The summed E-state index contributed by atoms with van der Waals surface area (Å²) in [6.07, 6.45) is 1.40. The summed E-state index contributed by atoms with van der Waals surface area (Å²) in [6.45, 7) is 3.56. The highest BCUT2D eigenvalue weighted by molar-refractivity contribution is 9.10. The highest BCUT2D eigenvalue weighted by Gasteiger charge is 2.02. The average molecular weight is 307 g/mol. The molecule has 0 amide bonds. The monoisotopic (exact) mass is 305 g/mol. The molecule has 0 aliphatic rings. The third kappa shape index (κ3) is 4.83. The molecule has 1 rings (SSSR count). The first-order valence-corrected chi connectivity index (χ1v) is 6.63. The fourth-order valence-electron chi connectivity index (χ4n) is 1.37. The van der Waals surface area contributed by atoms with Crippen molar-refractivity contribution in [2.45, 2.75) is 32.4 Å². The van der Waals surface area contributed by atoms with Crippen LogP contribution in [0.15, 0.2) is 22.7 Å². The average Bonchev–Trinajstić information content (AvgIpc) is 2.28. The summed E-state index contributed by atoms with van der Waals surface area (Å²) in [6, 6.07) is 5.74. The maximum atomic E-state index is 9.38. The first-order chi connectivity index (χ1) is 7.63. The fraction of sp³-hybridized carbons (Fsp3) is 0.500. The van der Waals surface area contributed by atoms with Gasteiger partial charge in [0.2, 0.25) is 0 Å². The minimum absolute atomic E-state index is 0.199. The van der Waals surface area contributed by atoms with E-state index in [-0.39, 0.29) is 6.10 Å². The zero-order chi connectivity index (χ0) is 12.0. The van der Waals surface area contributed by atoms with E-state index in [1.54, 1.807) is 0 Å². The van der Waals surface area contributed by atoms with Crippen molar-refractivity contribution in [1.29, 1.82) is 0 Å². The molecule has 0 bridgehead atoms. The van der Waals surface area contributed by atoms with Crippen LogP contribution in [-0.4, -0.2) is 17.8 Å². The molecule has 0 heterocycles. The van der Waals surface area contributed by atoms with Gasteiger partial charge in [0.25, 0.3) is 0 Å². The van der Waals surface area contributed by atoms with Crippen molar-refractivity contribution in [2.75, 3.05) is 6.54 Å². The summed E-state index contributed by atoms with van der Waals surface area (Å²) in [5.74, 6) is 0. The summed E-state index contributed by atoms with van der Waals surface area (Å²) >= 11 is 9.39. The molecule has 0 saturated heterocycles. The van der Waals surface area contributed by atoms with Gasteiger partial charge in [-0.1, -0.05) is 34.5 Å². The summed E-state index contributed by atoms with van der Waals surface area (Å²) in [5.41, 5.74) is 1.14. The lowest BCUT2D eigenvalue weighted by Gasteiger charge is -2.10. The molecule has 1 atom stereocenters. The summed E-state index contributed by atoms with van der Waals surface area (Å²) in [7, 11) is 0. The lowest BCUT2D eigenvalue weighted by molar-refractivity contribution is 0.159. The number of hydrogen-bond acceptors (Lipinski definition) is 2. The molecule has 0 saturated carbocycles. The molecule has 2 nitrogen and oxygen atoms in total. The Labute approximate surface area is 110 Å². The van der Waals surface area contributed by atoms with E-state index in [1.807, 2.05) is 25.1 Å². The largest absolute Gasteiger partial charge is 0.393 e. The molecular formula is C12H17BrClNO. The van der Waals surface area contributed by atoms with Crippen molar-refractivity contribution in [2.24, 2.45) is 0 Å². The smallest absolute Gasteiger partial charge is 0.0549 e. The molecule has 0 aliphatic heterocycles. The fourth-order valence-corrected chi connectivity index (χ4v) is 1.96. The van der Waals surface area contributed by atoms with Gasteiger partial charge < -0.3 is 10.4 Å². The van der Waals surface area contributed by atoms with Crippen molar-refractivity contribution < 1.29 is 5.11 Å². The molecule has 1 aromatic carbocycles. The van der Waals surface area contributed by atoms with Crippen LogP contribution in [0.5, 0.6) is 0 Å².